The van der Waals surface area contributed by atoms with E-state index in [-0.39, 0.29) is 5.56 Å². The molecule has 1 saturated carbocycles. The maximum atomic E-state index is 12.0. The summed E-state index contributed by atoms with van der Waals surface area (Å²) < 4.78 is 1.54. The molecule has 0 aliphatic heterocycles. The lowest BCUT2D eigenvalue weighted by molar-refractivity contribution is 0.0143. The normalized spacial score (nSPS) is 17.7. The van der Waals surface area contributed by atoms with Crippen molar-refractivity contribution in [3.8, 4) is 0 Å². The molecule has 0 bridgehead atoms. The molecule has 0 amide bonds. The molecule has 2 aromatic rings. The molecule has 0 aromatic carbocycles. The number of nitrogens with zero attached hydrogens (tertiary/aromatic N) is 3. The Morgan fingerprint density at radius 1 is 1.38 bits per heavy atom. The number of rotatable bonds is 4. The van der Waals surface area contributed by atoms with Crippen molar-refractivity contribution in [2.45, 2.75) is 37.8 Å². The van der Waals surface area contributed by atoms with Gasteiger partial charge in [-0.1, -0.05) is 18.9 Å². The monoisotopic (exact) mass is 287 g/mol. The van der Waals surface area contributed by atoms with Crippen LogP contribution in [0.3, 0.4) is 0 Å². The van der Waals surface area contributed by atoms with Crippen molar-refractivity contribution in [2.24, 2.45) is 0 Å². The molecule has 2 heterocycles. The Morgan fingerprint density at radius 3 is 2.90 bits per heavy atom. The minimum absolute atomic E-state index is 0.0661. The molecule has 5 nitrogen and oxygen atoms in total. The van der Waals surface area contributed by atoms with E-state index in [0.29, 0.717) is 18.7 Å². The highest BCUT2D eigenvalue weighted by Gasteiger charge is 2.32. The molecule has 1 N–H and O–H groups in total. The first-order valence-electron chi connectivity index (χ1n) is 7.44. The van der Waals surface area contributed by atoms with Gasteiger partial charge in [0.25, 0.3) is 5.56 Å². The van der Waals surface area contributed by atoms with E-state index < -0.39 is 5.60 Å². The predicted octanol–water partition coefficient (Wildman–Crippen LogP) is 1.43. The zero-order chi connectivity index (χ0) is 14.9. The quantitative estimate of drug-likeness (QED) is 0.924. The fraction of sp³-hybridized carbons (Fsp3) is 0.500. The summed E-state index contributed by atoms with van der Waals surface area (Å²) in [5, 5.41) is 10.4. The molecule has 0 unspecified atom stereocenters. The number of hydrogen-bond donors (Lipinski definition) is 1. The molecule has 5 heteroatoms. The molecule has 112 valence electrons. The molecule has 1 aliphatic carbocycles. The molecule has 21 heavy (non-hydrogen) atoms. The van der Waals surface area contributed by atoms with Gasteiger partial charge in [-0.25, -0.2) is 4.98 Å². The highest BCUT2D eigenvalue weighted by Crippen LogP contribution is 2.30. The van der Waals surface area contributed by atoms with Gasteiger partial charge in [0.15, 0.2) is 0 Å². The summed E-state index contributed by atoms with van der Waals surface area (Å²) in [7, 11) is 1.96. The van der Waals surface area contributed by atoms with E-state index in [0.717, 1.165) is 31.4 Å². The molecule has 1 fully saturated rings. The molecule has 0 radical (unpaired) electrons. The van der Waals surface area contributed by atoms with Gasteiger partial charge in [-0.05, 0) is 32.0 Å². The summed E-state index contributed by atoms with van der Waals surface area (Å²) in [5.41, 5.74) is 0.771. The molecular formula is C16H21N3O2. The van der Waals surface area contributed by atoms with Gasteiger partial charge in [-0.2, -0.15) is 0 Å². The maximum absolute atomic E-state index is 12.0. The van der Waals surface area contributed by atoms with E-state index in [4.69, 9.17) is 0 Å². The summed E-state index contributed by atoms with van der Waals surface area (Å²) in [6.07, 6.45) is 5.65. The topological polar surface area (TPSA) is 57.8 Å². The van der Waals surface area contributed by atoms with Gasteiger partial charge in [-0.3, -0.25) is 14.1 Å². The van der Waals surface area contributed by atoms with Crippen LogP contribution in [0.4, 0.5) is 0 Å². The number of aromatic nitrogens is 2. The first kappa shape index (κ1) is 14.2. The molecule has 0 saturated heterocycles. The third-order valence-electron chi connectivity index (χ3n) is 4.15. The Bertz CT molecular complexity index is 689. The van der Waals surface area contributed by atoms with Gasteiger partial charge in [0.05, 0.1) is 11.3 Å². The summed E-state index contributed by atoms with van der Waals surface area (Å²) in [5.74, 6) is 0. The van der Waals surface area contributed by atoms with E-state index in [2.05, 4.69) is 4.98 Å². The molecule has 2 aromatic heterocycles. The minimum Gasteiger partial charge on any atom is -0.389 e. The van der Waals surface area contributed by atoms with Gasteiger partial charge in [0.1, 0.15) is 5.65 Å². The fourth-order valence-corrected chi connectivity index (χ4v) is 3.21. The number of hydrogen-bond acceptors (Lipinski definition) is 4. The largest absolute Gasteiger partial charge is 0.389 e. The fourth-order valence-electron chi connectivity index (χ4n) is 3.21. The summed E-state index contributed by atoms with van der Waals surface area (Å²) in [4.78, 5) is 18.6. The first-order valence-corrected chi connectivity index (χ1v) is 7.44. The van der Waals surface area contributed by atoms with E-state index in [9.17, 15) is 9.90 Å². The zero-order valence-electron chi connectivity index (χ0n) is 12.3. The van der Waals surface area contributed by atoms with E-state index >= 15 is 0 Å². The Morgan fingerprint density at radius 2 is 2.14 bits per heavy atom. The summed E-state index contributed by atoms with van der Waals surface area (Å²) >= 11 is 0. The molecule has 1 aliphatic rings. The smallest absolute Gasteiger partial charge is 0.258 e. The summed E-state index contributed by atoms with van der Waals surface area (Å²) in [6.45, 7) is 1.20. The summed E-state index contributed by atoms with van der Waals surface area (Å²) in [6, 6.07) is 7.09. The highest BCUT2D eigenvalue weighted by atomic mass is 16.3. The number of fused-ring (bicyclic) bond motifs is 1. The lowest BCUT2D eigenvalue weighted by atomic mass is 10.0. The molecule has 0 atom stereocenters. The second kappa shape index (κ2) is 5.58. The van der Waals surface area contributed by atoms with Crippen LogP contribution in [0, 0.1) is 0 Å². The van der Waals surface area contributed by atoms with E-state index in [1.165, 1.54) is 4.40 Å². The Kier molecular flexibility index (Phi) is 3.78. The number of aliphatic hydroxyl groups is 1. The van der Waals surface area contributed by atoms with Gasteiger partial charge in [0.2, 0.25) is 0 Å². The van der Waals surface area contributed by atoms with Crippen molar-refractivity contribution in [1.29, 1.82) is 0 Å². The van der Waals surface area contributed by atoms with Crippen molar-refractivity contribution >= 4 is 5.65 Å². The van der Waals surface area contributed by atoms with Crippen LogP contribution in [0.15, 0.2) is 35.3 Å². The number of pyridine rings is 1. The minimum atomic E-state index is -0.569. The van der Waals surface area contributed by atoms with Crippen molar-refractivity contribution in [1.82, 2.24) is 14.3 Å². The second-order valence-corrected chi connectivity index (χ2v) is 6.12. The average Bonchev–Trinajstić information content (AvgIpc) is 2.85. The second-order valence-electron chi connectivity index (χ2n) is 6.12. The van der Waals surface area contributed by atoms with Crippen LogP contribution in [0.25, 0.3) is 5.65 Å². The van der Waals surface area contributed by atoms with Gasteiger partial charge < -0.3 is 5.11 Å². The molecule has 0 spiro atoms. The predicted molar refractivity (Wildman–Crippen MR) is 81.2 cm³/mol. The first-order chi connectivity index (χ1) is 10.1. The molecular weight excluding hydrogens is 266 g/mol. The van der Waals surface area contributed by atoms with Crippen LogP contribution < -0.4 is 5.56 Å². The Hall–Kier alpha value is -1.72. The van der Waals surface area contributed by atoms with Gasteiger partial charge >= 0.3 is 0 Å². The van der Waals surface area contributed by atoms with Crippen LogP contribution in [-0.4, -0.2) is 38.6 Å². The molecule has 3 rings (SSSR count). The Balaban J connectivity index is 1.77. The third kappa shape index (κ3) is 3.14. The lowest BCUT2D eigenvalue weighted by Crippen LogP contribution is -2.39. The van der Waals surface area contributed by atoms with Gasteiger partial charge in [-0.15, -0.1) is 0 Å². The van der Waals surface area contributed by atoms with Crippen LogP contribution in [0.2, 0.25) is 0 Å². The van der Waals surface area contributed by atoms with Crippen molar-refractivity contribution in [3.05, 3.63) is 46.5 Å². The number of likely N-dealkylation sites (N-methyl/N-ethyl adjacent to an activating group) is 1. The van der Waals surface area contributed by atoms with Crippen molar-refractivity contribution in [3.63, 3.8) is 0 Å². The van der Waals surface area contributed by atoms with Crippen LogP contribution in [-0.2, 0) is 6.54 Å². The Labute approximate surface area is 123 Å². The maximum Gasteiger partial charge on any atom is 0.258 e. The van der Waals surface area contributed by atoms with Crippen molar-refractivity contribution < 1.29 is 5.11 Å². The SMILES string of the molecule is CN(Cc1cc(=O)n2ccccc2n1)CC1(O)CCCC1. The van der Waals surface area contributed by atoms with Crippen LogP contribution in [0.1, 0.15) is 31.4 Å². The zero-order valence-corrected chi connectivity index (χ0v) is 12.3. The van der Waals surface area contributed by atoms with E-state index in [1.807, 2.05) is 30.1 Å². The van der Waals surface area contributed by atoms with E-state index in [1.54, 1.807) is 12.3 Å². The van der Waals surface area contributed by atoms with Gasteiger partial charge in [0, 0.05) is 25.4 Å². The average molecular weight is 287 g/mol. The highest BCUT2D eigenvalue weighted by molar-refractivity contribution is 5.37. The third-order valence-corrected chi connectivity index (χ3v) is 4.15. The van der Waals surface area contributed by atoms with Crippen LogP contribution in [0.5, 0.6) is 0 Å². The lowest BCUT2D eigenvalue weighted by Gasteiger charge is -2.28. The van der Waals surface area contributed by atoms with Crippen LogP contribution >= 0.6 is 0 Å². The standard InChI is InChI=1S/C16H21N3O2/c1-18(12-16(21)7-3-4-8-16)11-13-10-15(20)19-9-5-2-6-14(19)17-13/h2,5-6,9-10,21H,3-4,7-8,11-12H2,1H3. The van der Waals surface area contributed by atoms with Crippen molar-refractivity contribution in [2.75, 3.05) is 13.6 Å².